The number of aromatic nitrogens is 2. The van der Waals surface area contributed by atoms with Crippen molar-refractivity contribution in [2.45, 2.75) is 75.8 Å². The van der Waals surface area contributed by atoms with Crippen molar-refractivity contribution in [1.29, 1.82) is 0 Å². The maximum absolute atomic E-state index is 13.1. The van der Waals surface area contributed by atoms with Crippen molar-refractivity contribution >= 4 is 57.5 Å². The fourth-order valence-corrected chi connectivity index (χ4v) is 9.26. The number of rotatable bonds is 8. The smallest absolute Gasteiger partial charge is 0.327 e. The van der Waals surface area contributed by atoms with Crippen LogP contribution in [0.4, 0.5) is 9.59 Å². The van der Waals surface area contributed by atoms with Crippen LogP contribution in [0.5, 0.6) is 0 Å². The number of piperidine rings is 2. The Bertz CT molecular complexity index is 2400. The molecule has 4 saturated heterocycles. The van der Waals surface area contributed by atoms with E-state index in [9.17, 15) is 28.8 Å². The first-order valence-electron chi connectivity index (χ1n) is 21.3. The summed E-state index contributed by atoms with van der Waals surface area (Å²) in [4.78, 5) is 90.1. The highest BCUT2D eigenvalue weighted by molar-refractivity contribution is 6.01. The molecule has 8 amide bonds. The summed E-state index contributed by atoms with van der Waals surface area (Å²) in [5, 5.41) is 8.07. The molecule has 6 heterocycles. The number of para-hydroxylation sites is 2. The normalized spacial score (nSPS) is 21.3. The van der Waals surface area contributed by atoms with E-state index in [4.69, 9.17) is 0 Å². The van der Waals surface area contributed by atoms with Gasteiger partial charge in [-0.1, -0.05) is 97.1 Å². The minimum Gasteiger partial charge on any atom is -0.351 e. The van der Waals surface area contributed by atoms with Gasteiger partial charge in [-0.15, -0.1) is 0 Å². The Morgan fingerprint density at radius 3 is 1.32 bits per heavy atom. The van der Waals surface area contributed by atoms with E-state index in [1.807, 2.05) is 121 Å². The summed E-state index contributed by atoms with van der Waals surface area (Å²) in [5.41, 5.74) is 4.61. The van der Waals surface area contributed by atoms with Gasteiger partial charge >= 0.3 is 12.1 Å². The lowest BCUT2D eigenvalue weighted by Gasteiger charge is -2.46. The molecule has 4 fully saturated rings. The highest BCUT2D eigenvalue weighted by atomic mass is 16.2. The molecule has 10 rings (SSSR count). The molecule has 316 valence electrons. The van der Waals surface area contributed by atoms with Gasteiger partial charge in [-0.2, -0.15) is 0 Å². The maximum atomic E-state index is 13.1. The molecule has 4 aliphatic heterocycles. The van der Waals surface area contributed by atoms with Gasteiger partial charge in [-0.25, -0.2) is 9.59 Å². The number of imide groups is 2. The molecule has 0 unspecified atom stereocenters. The Hall–Kier alpha value is -7.22. The van der Waals surface area contributed by atoms with Crippen LogP contribution in [0, 0.1) is 0 Å². The quantitative estimate of drug-likeness (QED) is 0.135. The van der Waals surface area contributed by atoms with E-state index < -0.39 is 0 Å². The first-order valence-corrected chi connectivity index (χ1v) is 21.3. The lowest BCUT2D eigenvalue weighted by Crippen LogP contribution is -2.64. The van der Waals surface area contributed by atoms with Crippen molar-refractivity contribution in [2.75, 3.05) is 13.1 Å². The molecule has 4 aliphatic rings. The monoisotopic (exact) mass is 832 g/mol. The van der Waals surface area contributed by atoms with Gasteiger partial charge in [0.05, 0.1) is 37.3 Å². The topological polar surface area (TPSA) is 171 Å². The van der Waals surface area contributed by atoms with E-state index in [1.165, 1.54) is 9.80 Å². The Kier molecular flexibility index (Phi) is 11.3. The number of hydrogen-bond donors (Lipinski definition) is 4. The molecule has 0 saturated carbocycles. The van der Waals surface area contributed by atoms with E-state index in [-0.39, 0.29) is 85.8 Å². The van der Waals surface area contributed by atoms with Crippen molar-refractivity contribution in [3.8, 4) is 0 Å². The van der Waals surface area contributed by atoms with Gasteiger partial charge < -0.3 is 30.4 Å². The largest absolute Gasteiger partial charge is 0.351 e. The lowest BCUT2D eigenvalue weighted by molar-refractivity contribution is -0.135. The molecule has 14 heteroatoms. The van der Waals surface area contributed by atoms with E-state index in [0.29, 0.717) is 24.5 Å². The average Bonchev–Trinajstić information content (AvgIpc) is 3.94. The third-order valence-corrected chi connectivity index (χ3v) is 12.4. The van der Waals surface area contributed by atoms with Crippen LogP contribution in [0.25, 0.3) is 21.8 Å². The van der Waals surface area contributed by atoms with Crippen LogP contribution < -0.4 is 10.6 Å². The van der Waals surface area contributed by atoms with Crippen LogP contribution in [-0.4, -0.2) is 103 Å². The van der Waals surface area contributed by atoms with Gasteiger partial charge in [0.25, 0.3) is 11.8 Å². The highest BCUT2D eigenvalue weighted by Crippen LogP contribution is 2.30. The Morgan fingerprint density at radius 2 is 0.919 bits per heavy atom. The van der Waals surface area contributed by atoms with E-state index >= 15 is 0 Å². The molecule has 4 aromatic carbocycles. The summed E-state index contributed by atoms with van der Waals surface area (Å²) >= 11 is 0. The van der Waals surface area contributed by atoms with Gasteiger partial charge in [-0.3, -0.25) is 29.0 Å². The minimum atomic E-state index is -0.311. The van der Waals surface area contributed by atoms with Gasteiger partial charge in [-0.05, 0) is 61.1 Å². The van der Waals surface area contributed by atoms with Crippen LogP contribution in [0.1, 0.15) is 70.6 Å². The summed E-state index contributed by atoms with van der Waals surface area (Å²) in [6.07, 6.45) is 3.49. The summed E-state index contributed by atoms with van der Waals surface area (Å²) in [5.74, 6) is -0.812. The number of fused-ring (bicyclic) bond motifs is 4. The number of amides is 8. The summed E-state index contributed by atoms with van der Waals surface area (Å²) in [6, 6.07) is 36.5. The Labute approximate surface area is 358 Å². The number of carbonyl (C=O) groups excluding carboxylic acids is 6. The fourth-order valence-electron chi connectivity index (χ4n) is 9.26. The zero-order valence-electron chi connectivity index (χ0n) is 34.2. The summed E-state index contributed by atoms with van der Waals surface area (Å²) in [7, 11) is 0. The second kappa shape index (κ2) is 17.4. The molecular formula is C48H48N8O6. The number of hydrogen-bond acceptors (Lipinski definition) is 6. The average molecular weight is 833 g/mol. The second-order valence-corrected chi connectivity index (χ2v) is 16.4. The standard InChI is InChI=1S/2C24H24N4O3/c2*29-22-14-21-19(26-23(30)20-13-17-9-4-5-10-18(17)25-20)11-6-12-27(21)24(31)28(22)15-16-7-2-1-3-8-16/h2*1-5,7-10,13,19,21,25H,6,11-12,14-15H2,(H,26,30)/t2*19-,21+/m10/s1. The van der Waals surface area contributed by atoms with E-state index in [1.54, 1.807) is 9.80 Å². The molecule has 0 aliphatic carbocycles. The number of carbonyl (C=O) groups is 6. The highest BCUT2D eigenvalue weighted by Gasteiger charge is 2.46. The van der Waals surface area contributed by atoms with Crippen LogP contribution >= 0.6 is 0 Å². The first kappa shape index (κ1) is 40.2. The second-order valence-electron chi connectivity index (χ2n) is 16.4. The number of nitrogens with one attached hydrogen (secondary N) is 4. The number of benzene rings is 4. The molecule has 0 radical (unpaired) electrons. The fraction of sp³-hybridized carbons (Fsp3) is 0.292. The molecule has 14 nitrogen and oxygen atoms in total. The number of nitrogens with zero attached hydrogens (tertiary/aromatic N) is 4. The van der Waals surface area contributed by atoms with E-state index in [2.05, 4.69) is 20.6 Å². The maximum Gasteiger partial charge on any atom is 0.327 e. The van der Waals surface area contributed by atoms with Crippen molar-refractivity contribution < 1.29 is 28.8 Å². The SMILES string of the molecule is O=C(N[C@@H]1CCCN2C(=O)N(Cc3ccccc3)C(=O)C[C@@H]12)c1cc2ccccc2[nH]1.O=C(N[C@H]1CCCN2C(=O)N(Cc3ccccc3)C(=O)C[C@H]12)c1cc2ccccc2[nH]1. The lowest BCUT2D eigenvalue weighted by atomic mass is 9.91. The van der Waals surface area contributed by atoms with Crippen molar-refractivity contribution in [3.63, 3.8) is 0 Å². The van der Waals surface area contributed by atoms with Crippen molar-refractivity contribution in [3.05, 3.63) is 144 Å². The third kappa shape index (κ3) is 8.27. The van der Waals surface area contributed by atoms with Crippen LogP contribution in [0.3, 0.4) is 0 Å². The van der Waals surface area contributed by atoms with Gasteiger partial charge in [0.1, 0.15) is 11.4 Å². The molecular weight excluding hydrogens is 785 g/mol. The van der Waals surface area contributed by atoms with Crippen LogP contribution in [0.2, 0.25) is 0 Å². The van der Waals surface area contributed by atoms with E-state index in [0.717, 1.165) is 58.6 Å². The van der Waals surface area contributed by atoms with Gasteiger partial charge in [0.2, 0.25) is 11.8 Å². The molecule has 6 aromatic rings. The zero-order valence-corrected chi connectivity index (χ0v) is 34.2. The Balaban J connectivity index is 0.000000158. The predicted molar refractivity (Wildman–Crippen MR) is 233 cm³/mol. The predicted octanol–water partition coefficient (Wildman–Crippen LogP) is 6.57. The molecule has 0 spiro atoms. The molecule has 0 bridgehead atoms. The molecule has 62 heavy (non-hydrogen) atoms. The first-order chi connectivity index (χ1) is 30.2. The van der Waals surface area contributed by atoms with Gasteiger partial charge in [0.15, 0.2) is 0 Å². The van der Waals surface area contributed by atoms with Crippen molar-refractivity contribution in [2.24, 2.45) is 0 Å². The molecule has 4 N–H and O–H groups in total. The van der Waals surface area contributed by atoms with Crippen LogP contribution in [0.15, 0.2) is 121 Å². The number of aromatic amines is 2. The molecule has 2 aromatic heterocycles. The van der Waals surface area contributed by atoms with Gasteiger partial charge in [0, 0.05) is 47.7 Å². The number of H-pyrrole nitrogens is 2. The molecule has 4 atom stereocenters. The summed E-state index contributed by atoms with van der Waals surface area (Å²) in [6.45, 7) is 1.74. The van der Waals surface area contributed by atoms with Crippen LogP contribution in [-0.2, 0) is 22.7 Å². The number of urea groups is 2. The summed E-state index contributed by atoms with van der Waals surface area (Å²) < 4.78 is 0. The third-order valence-electron chi connectivity index (χ3n) is 12.4. The zero-order chi connectivity index (χ0) is 42.7. The Morgan fingerprint density at radius 1 is 0.532 bits per heavy atom. The van der Waals surface area contributed by atoms with Crippen molar-refractivity contribution in [1.82, 2.24) is 40.2 Å². The minimum absolute atomic E-state index is 0.193.